The molecule has 1 aromatic carbocycles. The number of hydrogen-bond donors (Lipinski definition) is 1. The van der Waals surface area contributed by atoms with Crippen LogP contribution in [-0.4, -0.2) is 24.8 Å². The summed E-state index contributed by atoms with van der Waals surface area (Å²) in [5.74, 6) is 0.551. The Labute approximate surface area is 73.3 Å². The van der Waals surface area contributed by atoms with E-state index in [9.17, 15) is 0 Å². The highest BCUT2D eigenvalue weighted by atomic mass is 15.1. The summed E-state index contributed by atoms with van der Waals surface area (Å²) in [6, 6.07) is 7.98. The Morgan fingerprint density at radius 1 is 1.17 bits per heavy atom. The van der Waals surface area contributed by atoms with Gasteiger partial charge in [-0.1, -0.05) is 29.8 Å². The molecule has 64 valence electrons. The Kier molecular flexibility index (Phi) is 2.48. The lowest BCUT2D eigenvalue weighted by Gasteiger charge is -2.13. The molecule has 0 heterocycles. The molecule has 0 aliphatic rings. The van der Waals surface area contributed by atoms with E-state index in [1.807, 2.05) is 45.3 Å². The molecule has 0 atom stereocenters. The van der Waals surface area contributed by atoms with Crippen LogP contribution in [-0.2, 0) is 0 Å². The van der Waals surface area contributed by atoms with Gasteiger partial charge in [-0.05, 0) is 6.92 Å². The van der Waals surface area contributed by atoms with Gasteiger partial charge < -0.3 is 4.90 Å². The molecule has 0 aromatic heterocycles. The number of nitrogens with zero attached hydrogens (tertiary/aromatic N) is 1. The Morgan fingerprint density at radius 2 is 1.67 bits per heavy atom. The van der Waals surface area contributed by atoms with Crippen LogP contribution >= 0.6 is 0 Å². The number of nitrogens with one attached hydrogen (secondary N) is 1. The van der Waals surface area contributed by atoms with Gasteiger partial charge in [0.05, 0.1) is 0 Å². The van der Waals surface area contributed by atoms with Gasteiger partial charge in [-0.15, -0.1) is 0 Å². The molecule has 0 bridgehead atoms. The third-order valence-corrected chi connectivity index (χ3v) is 1.77. The minimum Gasteiger partial charge on any atom is -0.363 e. The topological polar surface area (TPSA) is 27.1 Å². The second-order valence-electron chi connectivity index (χ2n) is 3.11. The average molecular weight is 162 g/mol. The molecule has 1 rings (SSSR count). The van der Waals surface area contributed by atoms with Crippen molar-refractivity contribution in [1.29, 1.82) is 5.41 Å². The van der Waals surface area contributed by atoms with Gasteiger partial charge in [0.1, 0.15) is 5.84 Å². The number of benzene rings is 1. The fourth-order valence-electron chi connectivity index (χ4n) is 0.970. The predicted molar refractivity (Wildman–Crippen MR) is 51.7 cm³/mol. The largest absolute Gasteiger partial charge is 0.363 e. The van der Waals surface area contributed by atoms with Gasteiger partial charge in [0.25, 0.3) is 0 Å². The average Bonchev–Trinajstić information content (AvgIpc) is 2.04. The molecule has 0 aliphatic carbocycles. The molecule has 0 radical (unpaired) electrons. The van der Waals surface area contributed by atoms with E-state index in [0.29, 0.717) is 5.84 Å². The Balaban J connectivity index is 2.90. The van der Waals surface area contributed by atoms with E-state index in [4.69, 9.17) is 5.41 Å². The fourth-order valence-corrected chi connectivity index (χ4v) is 0.970. The molecule has 0 unspecified atom stereocenters. The molecule has 2 heteroatoms. The molecule has 0 aliphatic heterocycles. The highest BCUT2D eigenvalue weighted by Crippen LogP contribution is 2.04. The monoisotopic (exact) mass is 162 g/mol. The summed E-state index contributed by atoms with van der Waals surface area (Å²) in [5, 5.41) is 7.68. The Morgan fingerprint density at radius 3 is 2.08 bits per heavy atom. The summed E-state index contributed by atoms with van der Waals surface area (Å²) in [7, 11) is 3.75. The zero-order valence-electron chi connectivity index (χ0n) is 7.76. The molecular formula is C10H14N2. The molecule has 0 fully saturated rings. The van der Waals surface area contributed by atoms with Crippen molar-refractivity contribution in [2.45, 2.75) is 6.92 Å². The van der Waals surface area contributed by atoms with Crippen molar-refractivity contribution < 1.29 is 0 Å². The fraction of sp³-hybridized carbons (Fsp3) is 0.300. The molecule has 2 nitrogen and oxygen atoms in total. The zero-order chi connectivity index (χ0) is 9.14. The third kappa shape index (κ3) is 1.84. The first kappa shape index (κ1) is 8.78. The van der Waals surface area contributed by atoms with E-state index in [0.717, 1.165) is 5.56 Å². The highest BCUT2D eigenvalue weighted by molar-refractivity contribution is 5.95. The van der Waals surface area contributed by atoms with Gasteiger partial charge in [-0.3, -0.25) is 5.41 Å². The van der Waals surface area contributed by atoms with Crippen LogP contribution in [0.4, 0.5) is 0 Å². The molecule has 0 saturated heterocycles. The number of rotatable bonds is 1. The van der Waals surface area contributed by atoms with Crippen LogP contribution in [0.3, 0.4) is 0 Å². The minimum atomic E-state index is 0.551. The first-order valence-electron chi connectivity index (χ1n) is 3.94. The van der Waals surface area contributed by atoms with Crippen molar-refractivity contribution in [3.8, 4) is 0 Å². The van der Waals surface area contributed by atoms with E-state index < -0.39 is 0 Å². The van der Waals surface area contributed by atoms with Crippen LogP contribution in [0.2, 0.25) is 0 Å². The summed E-state index contributed by atoms with van der Waals surface area (Å²) in [4.78, 5) is 1.80. The van der Waals surface area contributed by atoms with Crippen molar-refractivity contribution >= 4 is 5.84 Å². The van der Waals surface area contributed by atoms with Gasteiger partial charge in [0.2, 0.25) is 0 Å². The zero-order valence-corrected chi connectivity index (χ0v) is 7.76. The SMILES string of the molecule is Cc1ccc(C(=N)N(C)C)cc1. The first-order valence-corrected chi connectivity index (χ1v) is 3.94. The molecule has 1 aromatic rings. The maximum atomic E-state index is 7.68. The van der Waals surface area contributed by atoms with Gasteiger partial charge in [-0.2, -0.15) is 0 Å². The van der Waals surface area contributed by atoms with Crippen molar-refractivity contribution in [2.24, 2.45) is 0 Å². The molecule has 12 heavy (non-hydrogen) atoms. The lowest BCUT2D eigenvalue weighted by atomic mass is 10.1. The summed E-state index contributed by atoms with van der Waals surface area (Å²) in [6.45, 7) is 2.04. The summed E-state index contributed by atoms with van der Waals surface area (Å²) in [6.07, 6.45) is 0. The third-order valence-electron chi connectivity index (χ3n) is 1.77. The lowest BCUT2D eigenvalue weighted by Crippen LogP contribution is -2.21. The lowest BCUT2D eigenvalue weighted by molar-refractivity contribution is 0.619. The Hall–Kier alpha value is -1.31. The van der Waals surface area contributed by atoms with E-state index in [-0.39, 0.29) is 0 Å². The first-order chi connectivity index (χ1) is 5.61. The van der Waals surface area contributed by atoms with Crippen LogP contribution in [0.5, 0.6) is 0 Å². The van der Waals surface area contributed by atoms with E-state index in [1.54, 1.807) is 4.90 Å². The Bertz CT molecular complexity index is 272. The molecular weight excluding hydrogens is 148 g/mol. The van der Waals surface area contributed by atoms with E-state index in [1.165, 1.54) is 5.56 Å². The quantitative estimate of drug-likeness (QED) is 0.495. The molecule has 0 amide bonds. The van der Waals surface area contributed by atoms with Crippen molar-refractivity contribution in [2.75, 3.05) is 14.1 Å². The van der Waals surface area contributed by atoms with Gasteiger partial charge in [0.15, 0.2) is 0 Å². The molecule has 0 spiro atoms. The number of amidine groups is 1. The smallest absolute Gasteiger partial charge is 0.127 e. The summed E-state index contributed by atoms with van der Waals surface area (Å²) < 4.78 is 0. The van der Waals surface area contributed by atoms with Crippen LogP contribution in [0, 0.1) is 12.3 Å². The van der Waals surface area contributed by atoms with Gasteiger partial charge in [0, 0.05) is 19.7 Å². The number of hydrogen-bond acceptors (Lipinski definition) is 1. The van der Waals surface area contributed by atoms with E-state index >= 15 is 0 Å². The van der Waals surface area contributed by atoms with Crippen LogP contribution in [0.25, 0.3) is 0 Å². The van der Waals surface area contributed by atoms with Crippen molar-refractivity contribution in [1.82, 2.24) is 4.90 Å². The maximum Gasteiger partial charge on any atom is 0.127 e. The summed E-state index contributed by atoms with van der Waals surface area (Å²) in [5.41, 5.74) is 2.19. The van der Waals surface area contributed by atoms with Crippen molar-refractivity contribution in [3.05, 3.63) is 35.4 Å². The predicted octanol–water partition coefficient (Wildman–Crippen LogP) is 1.88. The number of aryl methyl sites for hydroxylation is 1. The van der Waals surface area contributed by atoms with Crippen LogP contribution in [0.1, 0.15) is 11.1 Å². The van der Waals surface area contributed by atoms with Gasteiger partial charge in [-0.25, -0.2) is 0 Å². The second kappa shape index (κ2) is 3.39. The minimum absolute atomic E-state index is 0.551. The second-order valence-corrected chi connectivity index (χ2v) is 3.11. The molecule has 0 saturated carbocycles. The summed E-state index contributed by atoms with van der Waals surface area (Å²) >= 11 is 0. The molecule has 1 N–H and O–H groups in total. The highest BCUT2D eigenvalue weighted by Gasteiger charge is 2.01. The van der Waals surface area contributed by atoms with E-state index in [2.05, 4.69) is 0 Å². The maximum absolute atomic E-state index is 7.68. The normalized spacial score (nSPS) is 9.58. The van der Waals surface area contributed by atoms with Crippen LogP contribution in [0.15, 0.2) is 24.3 Å². The van der Waals surface area contributed by atoms with Gasteiger partial charge >= 0.3 is 0 Å². The standard InChI is InChI=1S/C10H14N2/c1-8-4-6-9(7-5-8)10(11)12(2)3/h4-7,11H,1-3H3. The van der Waals surface area contributed by atoms with Crippen LogP contribution < -0.4 is 0 Å². The van der Waals surface area contributed by atoms with Crippen molar-refractivity contribution in [3.63, 3.8) is 0 Å².